The molecule has 4 rings (SSSR count). The molecule has 21 heavy (non-hydrogen) atoms. The van der Waals surface area contributed by atoms with Crippen molar-refractivity contribution in [3.8, 4) is 11.1 Å². The predicted molar refractivity (Wildman–Crippen MR) is 87.0 cm³/mol. The van der Waals surface area contributed by atoms with E-state index in [1.54, 1.807) is 0 Å². The molecule has 0 amide bonds. The summed E-state index contributed by atoms with van der Waals surface area (Å²) in [7, 11) is 0. The van der Waals surface area contributed by atoms with Crippen molar-refractivity contribution in [2.24, 2.45) is 0 Å². The molecule has 1 N–H and O–H groups in total. The van der Waals surface area contributed by atoms with Gasteiger partial charge in [-0.2, -0.15) is 0 Å². The highest BCUT2D eigenvalue weighted by Crippen LogP contribution is 2.28. The minimum absolute atomic E-state index is 0.728. The number of nitrogens with zero attached hydrogens (tertiary/aromatic N) is 1. The summed E-state index contributed by atoms with van der Waals surface area (Å²) in [5.41, 5.74) is 3.71. The van der Waals surface area contributed by atoms with Crippen molar-refractivity contribution in [1.82, 2.24) is 10.3 Å². The van der Waals surface area contributed by atoms with Crippen molar-refractivity contribution in [2.75, 3.05) is 0 Å². The third-order valence-electron chi connectivity index (χ3n) is 4.07. The zero-order valence-electron chi connectivity index (χ0n) is 11.9. The third kappa shape index (κ3) is 2.67. The van der Waals surface area contributed by atoms with Gasteiger partial charge in [0.15, 0.2) is 0 Å². The van der Waals surface area contributed by atoms with Crippen LogP contribution in [0.25, 0.3) is 21.9 Å². The van der Waals surface area contributed by atoms with Crippen LogP contribution in [0.4, 0.5) is 0 Å². The molecule has 1 aromatic heterocycles. The van der Waals surface area contributed by atoms with Crippen LogP contribution in [0, 0.1) is 0 Å². The Kier molecular flexibility index (Phi) is 3.17. The van der Waals surface area contributed by atoms with Crippen molar-refractivity contribution >= 4 is 10.8 Å². The second-order valence-corrected chi connectivity index (χ2v) is 5.76. The predicted octanol–water partition coefficient (Wildman–Crippen LogP) is 4.15. The Morgan fingerprint density at radius 3 is 2.76 bits per heavy atom. The molecular weight excluding hydrogens is 256 g/mol. The van der Waals surface area contributed by atoms with Gasteiger partial charge < -0.3 is 5.32 Å². The largest absolute Gasteiger partial charge is 0.310 e. The van der Waals surface area contributed by atoms with Crippen molar-refractivity contribution in [3.05, 3.63) is 66.5 Å². The number of rotatable bonds is 4. The molecule has 2 heteroatoms. The maximum absolute atomic E-state index is 4.43. The van der Waals surface area contributed by atoms with Crippen molar-refractivity contribution in [2.45, 2.75) is 25.4 Å². The molecule has 0 aliphatic heterocycles. The smallest absolute Gasteiger partial charge is 0.0346 e. The van der Waals surface area contributed by atoms with E-state index in [0.717, 1.165) is 12.6 Å². The highest BCUT2D eigenvalue weighted by atomic mass is 14.9. The van der Waals surface area contributed by atoms with Crippen LogP contribution >= 0.6 is 0 Å². The van der Waals surface area contributed by atoms with Gasteiger partial charge in [-0.05, 0) is 40.8 Å². The number of hydrogen-bond acceptors (Lipinski definition) is 2. The molecule has 1 aliphatic carbocycles. The normalized spacial score (nSPS) is 14.5. The maximum atomic E-state index is 4.43. The fraction of sp³-hybridized carbons (Fsp3) is 0.211. The Bertz CT molecular complexity index is 770. The van der Waals surface area contributed by atoms with Crippen LogP contribution in [-0.4, -0.2) is 11.0 Å². The topological polar surface area (TPSA) is 24.9 Å². The summed E-state index contributed by atoms with van der Waals surface area (Å²) in [6.07, 6.45) is 6.55. The van der Waals surface area contributed by atoms with Crippen LogP contribution in [0.1, 0.15) is 18.4 Å². The van der Waals surface area contributed by atoms with Crippen molar-refractivity contribution in [3.63, 3.8) is 0 Å². The molecule has 0 saturated heterocycles. The zero-order valence-corrected chi connectivity index (χ0v) is 11.9. The molecule has 0 bridgehead atoms. The first-order chi connectivity index (χ1) is 10.4. The number of pyridine rings is 1. The third-order valence-corrected chi connectivity index (χ3v) is 4.07. The van der Waals surface area contributed by atoms with E-state index in [-0.39, 0.29) is 0 Å². The van der Waals surface area contributed by atoms with Crippen LogP contribution in [0.15, 0.2) is 60.9 Å². The number of hydrogen-bond donors (Lipinski definition) is 1. The van der Waals surface area contributed by atoms with Gasteiger partial charge in [0.2, 0.25) is 0 Å². The Morgan fingerprint density at radius 1 is 1.00 bits per heavy atom. The molecule has 104 valence electrons. The number of nitrogens with one attached hydrogen (secondary N) is 1. The summed E-state index contributed by atoms with van der Waals surface area (Å²) in [5, 5.41) is 6.11. The molecule has 2 nitrogen and oxygen atoms in total. The van der Waals surface area contributed by atoms with Gasteiger partial charge in [-0.25, -0.2) is 0 Å². The van der Waals surface area contributed by atoms with Crippen LogP contribution in [0.2, 0.25) is 0 Å². The molecule has 2 aromatic carbocycles. The van der Waals surface area contributed by atoms with Gasteiger partial charge in [-0.3, -0.25) is 4.98 Å². The first-order valence-electron chi connectivity index (χ1n) is 7.55. The minimum Gasteiger partial charge on any atom is -0.310 e. The van der Waals surface area contributed by atoms with Crippen LogP contribution in [0.3, 0.4) is 0 Å². The second-order valence-electron chi connectivity index (χ2n) is 5.76. The number of fused-ring (bicyclic) bond motifs is 1. The zero-order chi connectivity index (χ0) is 14.1. The van der Waals surface area contributed by atoms with E-state index in [2.05, 4.69) is 58.8 Å². The van der Waals surface area contributed by atoms with Gasteiger partial charge >= 0.3 is 0 Å². The van der Waals surface area contributed by atoms with Gasteiger partial charge in [0.1, 0.15) is 0 Å². The quantitative estimate of drug-likeness (QED) is 0.773. The lowest BCUT2D eigenvalue weighted by Gasteiger charge is -2.09. The van der Waals surface area contributed by atoms with Crippen molar-refractivity contribution in [1.29, 1.82) is 0 Å². The molecule has 1 fully saturated rings. The average Bonchev–Trinajstić information content (AvgIpc) is 3.37. The minimum atomic E-state index is 0.728. The van der Waals surface area contributed by atoms with E-state index in [9.17, 15) is 0 Å². The van der Waals surface area contributed by atoms with E-state index in [1.165, 1.54) is 40.3 Å². The van der Waals surface area contributed by atoms with Gasteiger partial charge in [-0.15, -0.1) is 0 Å². The molecule has 0 atom stereocenters. The van der Waals surface area contributed by atoms with Gasteiger partial charge in [0, 0.05) is 30.5 Å². The molecule has 1 heterocycles. The van der Waals surface area contributed by atoms with E-state index < -0.39 is 0 Å². The fourth-order valence-electron chi connectivity index (χ4n) is 2.76. The number of benzene rings is 2. The Balaban J connectivity index is 1.72. The Hall–Kier alpha value is -2.19. The monoisotopic (exact) mass is 274 g/mol. The molecule has 1 aliphatic rings. The summed E-state index contributed by atoms with van der Waals surface area (Å²) >= 11 is 0. The summed E-state index contributed by atoms with van der Waals surface area (Å²) in [4.78, 5) is 4.43. The molecule has 0 radical (unpaired) electrons. The lowest BCUT2D eigenvalue weighted by molar-refractivity contribution is 0.686. The lowest BCUT2D eigenvalue weighted by Crippen LogP contribution is -2.15. The standard InChI is InChI=1S/C19H18N2/c1-2-6-18-15(4-1)5-3-7-19(18)16-10-14(11-20-13-16)12-21-17-8-9-17/h1-7,10-11,13,17,21H,8-9,12H2. The van der Waals surface area contributed by atoms with Gasteiger partial charge in [-0.1, -0.05) is 42.5 Å². The molecule has 0 spiro atoms. The van der Waals surface area contributed by atoms with E-state index >= 15 is 0 Å². The summed E-state index contributed by atoms with van der Waals surface area (Å²) in [6, 6.07) is 18.0. The van der Waals surface area contributed by atoms with E-state index in [0.29, 0.717) is 0 Å². The van der Waals surface area contributed by atoms with Crippen LogP contribution in [-0.2, 0) is 6.54 Å². The van der Waals surface area contributed by atoms with Gasteiger partial charge in [0.25, 0.3) is 0 Å². The van der Waals surface area contributed by atoms with Crippen LogP contribution in [0.5, 0.6) is 0 Å². The van der Waals surface area contributed by atoms with Crippen molar-refractivity contribution < 1.29 is 0 Å². The molecule has 0 unspecified atom stereocenters. The molecule has 3 aromatic rings. The van der Waals surface area contributed by atoms with Crippen LogP contribution < -0.4 is 5.32 Å². The first kappa shape index (κ1) is 12.5. The summed E-state index contributed by atoms with van der Waals surface area (Å²) in [5.74, 6) is 0. The molecular formula is C19H18N2. The highest BCUT2D eigenvalue weighted by Gasteiger charge is 2.20. The second kappa shape index (κ2) is 5.30. The fourth-order valence-corrected chi connectivity index (χ4v) is 2.76. The molecule has 1 saturated carbocycles. The summed E-state index contributed by atoms with van der Waals surface area (Å²) in [6.45, 7) is 0.913. The first-order valence-corrected chi connectivity index (χ1v) is 7.55. The maximum Gasteiger partial charge on any atom is 0.0346 e. The summed E-state index contributed by atoms with van der Waals surface area (Å²) < 4.78 is 0. The van der Waals surface area contributed by atoms with Gasteiger partial charge in [0.05, 0.1) is 0 Å². The Labute approximate surface area is 124 Å². The SMILES string of the molecule is c1ccc2c(-c3cncc(CNC4CC4)c3)cccc2c1. The number of aromatic nitrogens is 1. The van der Waals surface area contributed by atoms with E-state index in [1.807, 2.05) is 12.4 Å². The lowest BCUT2D eigenvalue weighted by atomic mass is 9.99. The average molecular weight is 274 g/mol. The van der Waals surface area contributed by atoms with E-state index in [4.69, 9.17) is 0 Å². The Morgan fingerprint density at radius 2 is 1.86 bits per heavy atom. The highest BCUT2D eigenvalue weighted by molar-refractivity contribution is 5.96.